The number of carbonyl (C=O) groups excluding carboxylic acids is 1. The Kier molecular flexibility index (Phi) is 2.76. The molecule has 4 heteroatoms. The van der Waals surface area contributed by atoms with Gasteiger partial charge in [0, 0.05) is 10.2 Å². The van der Waals surface area contributed by atoms with Crippen LogP contribution in [0, 0.1) is 5.41 Å². The van der Waals surface area contributed by atoms with Gasteiger partial charge in [-0.15, -0.1) is 0 Å². The molecule has 3 nitrogen and oxygen atoms in total. The molecule has 0 spiro atoms. The summed E-state index contributed by atoms with van der Waals surface area (Å²) in [5, 5.41) is 0. The molecule has 1 fully saturated rings. The van der Waals surface area contributed by atoms with Crippen LogP contribution in [0.4, 0.5) is 0 Å². The molecule has 1 saturated heterocycles. The van der Waals surface area contributed by atoms with Crippen molar-refractivity contribution in [3.05, 3.63) is 40.0 Å². The van der Waals surface area contributed by atoms with Gasteiger partial charge in [0.05, 0.1) is 5.41 Å². The lowest BCUT2D eigenvalue weighted by Gasteiger charge is -2.14. The molecule has 0 aromatic heterocycles. The van der Waals surface area contributed by atoms with Crippen molar-refractivity contribution in [1.82, 2.24) is 10.9 Å². The van der Waals surface area contributed by atoms with E-state index in [2.05, 4.69) is 26.8 Å². The molecule has 0 saturated carbocycles. The van der Waals surface area contributed by atoms with E-state index in [0.717, 1.165) is 15.7 Å². The van der Waals surface area contributed by atoms with Crippen molar-refractivity contribution in [2.75, 3.05) is 0 Å². The zero-order chi connectivity index (χ0) is 11.8. The lowest BCUT2D eigenvalue weighted by Crippen LogP contribution is -2.28. The summed E-state index contributed by atoms with van der Waals surface area (Å²) in [5.41, 5.74) is 6.97. The standard InChI is InChI=1S/C12H13BrN2O/c1-12(2)10(14-15-11(12)16)7-8-5-3-4-6-9(8)13/h3-7,14H,1-2H3,(H,15,16)/b10-7-. The third kappa shape index (κ3) is 1.85. The predicted octanol–water partition coefficient (Wildman–Crippen LogP) is 2.45. The molecule has 1 aromatic rings. The molecular formula is C12H13BrN2O. The summed E-state index contributed by atoms with van der Waals surface area (Å²) in [7, 11) is 0. The van der Waals surface area contributed by atoms with Crippen molar-refractivity contribution in [3.63, 3.8) is 0 Å². The first-order valence-electron chi connectivity index (χ1n) is 5.05. The zero-order valence-electron chi connectivity index (χ0n) is 9.17. The quantitative estimate of drug-likeness (QED) is 0.830. The second-order valence-electron chi connectivity index (χ2n) is 4.28. The van der Waals surface area contributed by atoms with Gasteiger partial charge in [0.25, 0.3) is 0 Å². The number of hydrogen-bond acceptors (Lipinski definition) is 2. The van der Waals surface area contributed by atoms with Crippen LogP contribution in [0.2, 0.25) is 0 Å². The Morgan fingerprint density at radius 1 is 1.25 bits per heavy atom. The molecule has 0 unspecified atom stereocenters. The average molecular weight is 281 g/mol. The minimum atomic E-state index is -0.505. The van der Waals surface area contributed by atoms with Crippen molar-refractivity contribution >= 4 is 27.9 Å². The summed E-state index contributed by atoms with van der Waals surface area (Å²) >= 11 is 3.48. The largest absolute Gasteiger partial charge is 0.302 e. The van der Waals surface area contributed by atoms with Gasteiger partial charge in [0.2, 0.25) is 5.91 Å². The smallest absolute Gasteiger partial charge is 0.249 e. The average Bonchev–Trinajstić information content (AvgIpc) is 2.48. The van der Waals surface area contributed by atoms with E-state index in [4.69, 9.17) is 0 Å². The van der Waals surface area contributed by atoms with Gasteiger partial charge < -0.3 is 5.43 Å². The first-order valence-corrected chi connectivity index (χ1v) is 5.84. The molecule has 0 atom stereocenters. The Morgan fingerprint density at radius 2 is 1.94 bits per heavy atom. The minimum Gasteiger partial charge on any atom is -0.302 e. The Hall–Kier alpha value is -1.29. The number of amides is 1. The van der Waals surface area contributed by atoms with E-state index in [0.29, 0.717) is 0 Å². The fraction of sp³-hybridized carbons (Fsp3) is 0.250. The number of rotatable bonds is 1. The highest BCUT2D eigenvalue weighted by Crippen LogP contribution is 2.30. The van der Waals surface area contributed by atoms with E-state index in [1.807, 2.05) is 44.2 Å². The summed E-state index contributed by atoms with van der Waals surface area (Å²) in [6.45, 7) is 3.79. The second-order valence-corrected chi connectivity index (χ2v) is 5.14. The molecule has 1 heterocycles. The SMILES string of the molecule is CC1(C)C(=O)NN/C1=C\c1ccccc1Br. The van der Waals surface area contributed by atoms with Crippen LogP contribution in [0.5, 0.6) is 0 Å². The summed E-state index contributed by atoms with van der Waals surface area (Å²) in [5.74, 6) is -0.00852. The number of hydrazine groups is 1. The number of halogens is 1. The van der Waals surface area contributed by atoms with Crippen molar-refractivity contribution < 1.29 is 4.79 Å². The molecule has 0 radical (unpaired) electrons. The first-order chi connectivity index (χ1) is 7.51. The fourth-order valence-electron chi connectivity index (χ4n) is 1.52. The van der Waals surface area contributed by atoms with Crippen LogP contribution in [0.15, 0.2) is 34.4 Å². The number of carbonyl (C=O) groups is 1. The van der Waals surface area contributed by atoms with Gasteiger partial charge in [-0.25, -0.2) is 0 Å². The van der Waals surface area contributed by atoms with Crippen LogP contribution in [-0.4, -0.2) is 5.91 Å². The predicted molar refractivity (Wildman–Crippen MR) is 67.2 cm³/mol. The van der Waals surface area contributed by atoms with Crippen molar-refractivity contribution in [2.24, 2.45) is 5.41 Å². The lowest BCUT2D eigenvalue weighted by atomic mass is 9.89. The van der Waals surface area contributed by atoms with E-state index in [-0.39, 0.29) is 5.91 Å². The highest BCUT2D eigenvalue weighted by molar-refractivity contribution is 9.10. The summed E-state index contributed by atoms with van der Waals surface area (Å²) < 4.78 is 1.01. The molecule has 2 N–H and O–H groups in total. The van der Waals surface area contributed by atoms with E-state index < -0.39 is 5.41 Å². The van der Waals surface area contributed by atoms with Crippen LogP contribution in [0.1, 0.15) is 19.4 Å². The van der Waals surface area contributed by atoms with Gasteiger partial charge in [-0.2, -0.15) is 0 Å². The van der Waals surface area contributed by atoms with Crippen LogP contribution in [0.3, 0.4) is 0 Å². The van der Waals surface area contributed by atoms with Crippen LogP contribution < -0.4 is 10.9 Å². The van der Waals surface area contributed by atoms with Crippen molar-refractivity contribution in [2.45, 2.75) is 13.8 Å². The first kappa shape index (κ1) is 11.2. The van der Waals surface area contributed by atoms with E-state index in [9.17, 15) is 4.79 Å². The Labute approximate surface area is 103 Å². The van der Waals surface area contributed by atoms with Gasteiger partial charge in [-0.05, 0) is 31.6 Å². The monoisotopic (exact) mass is 280 g/mol. The molecule has 2 rings (SSSR count). The van der Waals surface area contributed by atoms with E-state index in [1.54, 1.807) is 0 Å². The maximum Gasteiger partial charge on any atom is 0.249 e. The Morgan fingerprint density at radius 3 is 2.50 bits per heavy atom. The molecular weight excluding hydrogens is 268 g/mol. The molecule has 1 amide bonds. The van der Waals surface area contributed by atoms with Gasteiger partial charge in [0.15, 0.2) is 0 Å². The van der Waals surface area contributed by atoms with Gasteiger partial charge in [-0.1, -0.05) is 34.1 Å². The normalized spacial score (nSPS) is 20.7. The van der Waals surface area contributed by atoms with E-state index >= 15 is 0 Å². The Balaban J connectivity index is 2.40. The molecule has 84 valence electrons. The van der Waals surface area contributed by atoms with E-state index in [1.165, 1.54) is 0 Å². The molecule has 16 heavy (non-hydrogen) atoms. The minimum absolute atomic E-state index is 0.00852. The zero-order valence-corrected chi connectivity index (χ0v) is 10.8. The van der Waals surface area contributed by atoms with Crippen molar-refractivity contribution in [3.8, 4) is 0 Å². The molecule has 1 aromatic carbocycles. The third-order valence-electron chi connectivity index (χ3n) is 2.76. The molecule has 1 aliphatic rings. The third-order valence-corrected chi connectivity index (χ3v) is 3.48. The summed E-state index contributed by atoms with van der Waals surface area (Å²) in [6.07, 6.45) is 1.97. The topological polar surface area (TPSA) is 41.1 Å². The maximum atomic E-state index is 11.6. The van der Waals surface area contributed by atoms with Gasteiger partial charge >= 0.3 is 0 Å². The second kappa shape index (κ2) is 3.94. The molecule has 1 aliphatic heterocycles. The summed E-state index contributed by atoms with van der Waals surface area (Å²) in [4.78, 5) is 11.6. The van der Waals surface area contributed by atoms with Crippen molar-refractivity contribution in [1.29, 1.82) is 0 Å². The van der Waals surface area contributed by atoms with Crippen LogP contribution in [0.25, 0.3) is 6.08 Å². The van der Waals surface area contributed by atoms with Crippen LogP contribution in [-0.2, 0) is 4.79 Å². The Bertz CT molecular complexity index is 466. The van der Waals surface area contributed by atoms with Gasteiger partial charge in [-0.3, -0.25) is 10.2 Å². The number of nitrogens with one attached hydrogen (secondary N) is 2. The maximum absolute atomic E-state index is 11.6. The van der Waals surface area contributed by atoms with Gasteiger partial charge in [0.1, 0.15) is 0 Å². The summed E-state index contributed by atoms with van der Waals surface area (Å²) in [6, 6.07) is 7.90. The highest BCUT2D eigenvalue weighted by atomic mass is 79.9. The molecule has 0 bridgehead atoms. The lowest BCUT2D eigenvalue weighted by molar-refractivity contribution is -0.125. The highest BCUT2D eigenvalue weighted by Gasteiger charge is 2.37. The fourth-order valence-corrected chi connectivity index (χ4v) is 1.92. The molecule has 0 aliphatic carbocycles. The van der Waals surface area contributed by atoms with Crippen LogP contribution >= 0.6 is 15.9 Å². The number of benzene rings is 1. The number of hydrogen-bond donors (Lipinski definition) is 2.